The molecule has 0 aliphatic carbocycles. The Kier molecular flexibility index (Phi) is 1.60. The van der Waals surface area contributed by atoms with Gasteiger partial charge in [-0.3, -0.25) is 0 Å². The van der Waals surface area contributed by atoms with Gasteiger partial charge in [0.25, 0.3) is 0 Å². The van der Waals surface area contributed by atoms with E-state index >= 15 is 0 Å². The number of aryl methyl sites for hydroxylation is 2. The van der Waals surface area contributed by atoms with Gasteiger partial charge in [0.15, 0.2) is 0 Å². The molecule has 0 amide bonds. The normalized spacial score (nSPS) is 9.88. The minimum absolute atomic E-state index is 0.977. The zero-order valence-electron chi connectivity index (χ0n) is 4.93. The summed E-state index contributed by atoms with van der Waals surface area (Å²) < 4.78 is 6.16. The number of hydrogen-bond acceptors (Lipinski definition) is 2. The standard InChI is InChI=1S/C5H6NO.Sn.H/c1-4-3-5(2)7-6-4;;/h1-2H3;;. The van der Waals surface area contributed by atoms with E-state index in [-0.39, 0.29) is 0 Å². The minimum atomic E-state index is 0.977. The van der Waals surface area contributed by atoms with E-state index < -0.39 is 0 Å². The Bertz CT molecular complexity index is 175. The van der Waals surface area contributed by atoms with E-state index in [4.69, 9.17) is 4.52 Å². The Labute approximate surface area is 61.3 Å². The van der Waals surface area contributed by atoms with E-state index in [1.165, 1.54) is 3.58 Å². The van der Waals surface area contributed by atoms with Gasteiger partial charge in [0.2, 0.25) is 0 Å². The van der Waals surface area contributed by atoms with E-state index in [0.717, 1.165) is 34.0 Å². The summed E-state index contributed by atoms with van der Waals surface area (Å²) in [5.41, 5.74) is 1.05. The molecule has 0 bridgehead atoms. The van der Waals surface area contributed by atoms with Crippen molar-refractivity contribution in [1.82, 2.24) is 5.16 Å². The third-order valence-electron chi connectivity index (χ3n) is 1.09. The van der Waals surface area contributed by atoms with Crippen LogP contribution in [0.3, 0.4) is 0 Å². The summed E-state index contributed by atoms with van der Waals surface area (Å²) in [7, 11) is 0. The quantitative estimate of drug-likeness (QED) is 0.562. The maximum absolute atomic E-state index is 4.88. The summed E-state index contributed by atoms with van der Waals surface area (Å²) >= 11 is 1.11. The van der Waals surface area contributed by atoms with Gasteiger partial charge < -0.3 is 0 Å². The van der Waals surface area contributed by atoms with Crippen molar-refractivity contribution in [3.63, 3.8) is 0 Å². The van der Waals surface area contributed by atoms with Gasteiger partial charge in [0.05, 0.1) is 0 Å². The van der Waals surface area contributed by atoms with Crippen molar-refractivity contribution in [2.75, 3.05) is 0 Å². The maximum atomic E-state index is 4.88. The molecule has 1 aromatic heterocycles. The number of aromatic nitrogens is 1. The van der Waals surface area contributed by atoms with Crippen molar-refractivity contribution < 1.29 is 4.52 Å². The van der Waals surface area contributed by atoms with Crippen molar-refractivity contribution in [3.8, 4) is 0 Å². The van der Waals surface area contributed by atoms with Gasteiger partial charge in [0, 0.05) is 0 Å². The molecule has 1 aromatic rings. The van der Waals surface area contributed by atoms with E-state index in [1.54, 1.807) is 0 Å². The third-order valence-corrected chi connectivity index (χ3v) is 3.44. The van der Waals surface area contributed by atoms with Crippen molar-refractivity contribution >= 4 is 26.1 Å². The monoisotopic (exact) mass is 217 g/mol. The number of nitrogens with zero attached hydrogens (tertiary/aromatic N) is 1. The molecule has 0 spiro atoms. The Morgan fingerprint density at radius 3 is 2.25 bits per heavy atom. The van der Waals surface area contributed by atoms with Gasteiger partial charge in [0.1, 0.15) is 0 Å². The van der Waals surface area contributed by atoms with Gasteiger partial charge in [-0.2, -0.15) is 0 Å². The van der Waals surface area contributed by atoms with Gasteiger partial charge in [-0.05, 0) is 0 Å². The molecule has 0 aromatic carbocycles. The first kappa shape index (κ1) is 6.13. The summed E-state index contributed by atoms with van der Waals surface area (Å²) in [6, 6.07) is 0. The van der Waals surface area contributed by atoms with Crippen LogP contribution in [0, 0.1) is 13.8 Å². The molecule has 8 heavy (non-hydrogen) atoms. The Balaban J connectivity index is 3.19. The second-order valence-electron chi connectivity index (χ2n) is 1.74. The average molecular weight is 216 g/mol. The van der Waals surface area contributed by atoms with E-state index in [1.807, 2.05) is 13.8 Å². The Morgan fingerprint density at radius 2 is 2.12 bits per heavy atom. The second kappa shape index (κ2) is 2.09. The summed E-state index contributed by atoms with van der Waals surface area (Å²) in [4.78, 5) is 0. The number of rotatable bonds is 0. The van der Waals surface area contributed by atoms with Gasteiger partial charge >= 0.3 is 61.1 Å². The fourth-order valence-electron chi connectivity index (χ4n) is 0.490. The Hall–Kier alpha value is 0.00870. The van der Waals surface area contributed by atoms with Crippen molar-refractivity contribution in [2.24, 2.45) is 0 Å². The van der Waals surface area contributed by atoms with Crippen LogP contribution in [0.25, 0.3) is 0 Å². The zero-order valence-corrected chi connectivity index (χ0v) is 8.23. The molecule has 0 fully saturated rings. The molecule has 0 atom stereocenters. The summed E-state index contributed by atoms with van der Waals surface area (Å²) in [6.45, 7) is 3.91. The summed E-state index contributed by atoms with van der Waals surface area (Å²) in [6.07, 6.45) is 0. The molecule has 2 nitrogen and oxygen atoms in total. The molecular weight excluding hydrogens is 209 g/mol. The first-order valence-electron chi connectivity index (χ1n) is 2.40. The molecule has 3 heteroatoms. The van der Waals surface area contributed by atoms with Crippen molar-refractivity contribution in [3.05, 3.63) is 11.5 Å². The first-order chi connectivity index (χ1) is 3.72. The fraction of sp³-hybridized carbons (Fsp3) is 0.400. The predicted molar refractivity (Wildman–Crippen MR) is 32.8 cm³/mol. The molecule has 0 N–H and O–H groups in total. The first-order valence-corrected chi connectivity index (χ1v) is 4.05. The molecule has 1 rings (SSSR count). The molecule has 0 aliphatic heterocycles. The van der Waals surface area contributed by atoms with Crippen LogP contribution in [0.1, 0.15) is 11.5 Å². The predicted octanol–water partition coefficient (Wildman–Crippen LogP) is -0.182. The molecule has 0 saturated heterocycles. The summed E-state index contributed by atoms with van der Waals surface area (Å²) in [5.74, 6) is 0.977. The third kappa shape index (κ3) is 0.891. The molecular formula is C5H7NOSn. The van der Waals surface area contributed by atoms with Crippen LogP contribution < -0.4 is 3.58 Å². The van der Waals surface area contributed by atoms with Crippen LogP contribution in [0.15, 0.2) is 4.52 Å². The van der Waals surface area contributed by atoms with E-state index in [9.17, 15) is 0 Å². The van der Waals surface area contributed by atoms with Gasteiger partial charge in [-0.1, -0.05) is 0 Å². The van der Waals surface area contributed by atoms with Gasteiger partial charge in [-0.15, -0.1) is 0 Å². The van der Waals surface area contributed by atoms with Gasteiger partial charge in [-0.25, -0.2) is 0 Å². The molecule has 0 unspecified atom stereocenters. The van der Waals surface area contributed by atoms with Crippen molar-refractivity contribution in [1.29, 1.82) is 0 Å². The molecule has 0 saturated carbocycles. The van der Waals surface area contributed by atoms with Crippen LogP contribution in [0.4, 0.5) is 0 Å². The zero-order chi connectivity index (χ0) is 6.15. The topological polar surface area (TPSA) is 26.0 Å². The van der Waals surface area contributed by atoms with Crippen LogP contribution in [-0.2, 0) is 0 Å². The van der Waals surface area contributed by atoms with Crippen LogP contribution in [-0.4, -0.2) is 27.7 Å². The molecule has 2 radical (unpaired) electrons. The van der Waals surface area contributed by atoms with Crippen molar-refractivity contribution in [2.45, 2.75) is 13.8 Å². The SMILES string of the molecule is Cc1noc(C)[c]1[SnH]. The second-order valence-corrected chi connectivity index (χ2v) is 3.39. The molecule has 0 aliphatic rings. The van der Waals surface area contributed by atoms with Crippen LogP contribution >= 0.6 is 0 Å². The van der Waals surface area contributed by atoms with E-state index in [2.05, 4.69) is 5.16 Å². The fourth-order valence-corrected chi connectivity index (χ4v) is 0.791. The average Bonchev–Trinajstić information content (AvgIpc) is 1.98. The van der Waals surface area contributed by atoms with E-state index in [0.29, 0.717) is 0 Å². The molecule has 42 valence electrons. The molecule has 1 heterocycles. The van der Waals surface area contributed by atoms with Crippen LogP contribution in [0.5, 0.6) is 0 Å². The van der Waals surface area contributed by atoms with Crippen LogP contribution in [0.2, 0.25) is 0 Å². The Morgan fingerprint density at radius 1 is 1.50 bits per heavy atom. The number of hydrogen-bond donors (Lipinski definition) is 0. The summed E-state index contributed by atoms with van der Waals surface area (Å²) in [5, 5.41) is 3.77.